The summed E-state index contributed by atoms with van der Waals surface area (Å²) in [7, 11) is 0. The van der Waals surface area contributed by atoms with E-state index in [-0.39, 0.29) is 12.4 Å². The Kier molecular flexibility index (Phi) is 3.69. The summed E-state index contributed by atoms with van der Waals surface area (Å²) in [4.78, 5) is 0. The highest BCUT2D eigenvalue weighted by Gasteiger charge is 2.08. The summed E-state index contributed by atoms with van der Waals surface area (Å²) in [5, 5.41) is 4.38. The van der Waals surface area contributed by atoms with E-state index in [1.165, 1.54) is 6.07 Å². The van der Waals surface area contributed by atoms with Crippen molar-refractivity contribution in [2.75, 3.05) is 0 Å². The molecule has 0 radical (unpaired) electrons. The predicted molar refractivity (Wildman–Crippen MR) is 79.0 cm³/mol. The highest BCUT2D eigenvalue weighted by Crippen LogP contribution is 2.23. The minimum absolute atomic E-state index is 0.184. The third kappa shape index (κ3) is 2.94. The number of hydrogen-bond acceptors (Lipinski definition) is 2. The molecule has 0 fully saturated rings. The first kappa shape index (κ1) is 13.4. The van der Waals surface area contributed by atoms with E-state index in [9.17, 15) is 4.39 Å². The summed E-state index contributed by atoms with van der Waals surface area (Å²) >= 11 is 0. The molecule has 1 aromatic heterocycles. The molecule has 4 heteroatoms. The number of rotatable bonds is 4. The van der Waals surface area contributed by atoms with Gasteiger partial charge >= 0.3 is 0 Å². The van der Waals surface area contributed by atoms with E-state index in [1.807, 2.05) is 43.5 Å². The highest BCUT2D eigenvalue weighted by atomic mass is 19.1. The van der Waals surface area contributed by atoms with E-state index in [4.69, 9.17) is 4.74 Å². The smallest absolute Gasteiger partial charge is 0.145 e. The Morgan fingerprint density at radius 1 is 1.05 bits per heavy atom. The molecule has 3 rings (SSSR count). The van der Waals surface area contributed by atoms with Gasteiger partial charge in [-0.3, -0.25) is 0 Å². The number of benzene rings is 2. The second-order valence-electron chi connectivity index (χ2n) is 4.75. The molecular weight excluding hydrogens is 267 g/mol. The summed E-state index contributed by atoms with van der Waals surface area (Å²) in [6.45, 7) is 2.11. The van der Waals surface area contributed by atoms with Crippen molar-refractivity contribution in [3.63, 3.8) is 0 Å². The Balaban J connectivity index is 1.85. The second-order valence-corrected chi connectivity index (χ2v) is 4.75. The Bertz CT molecular complexity index is 752. The van der Waals surface area contributed by atoms with Gasteiger partial charge in [-0.05, 0) is 31.2 Å². The molecule has 1 heterocycles. The van der Waals surface area contributed by atoms with Crippen molar-refractivity contribution in [3.8, 4) is 11.4 Å². The van der Waals surface area contributed by atoms with Crippen LogP contribution in [0.2, 0.25) is 0 Å². The van der Waals surface area contributed by atoms with Crippen molar-refractivity contribution in [3.05, 3.63) is 77.9 Å². The second kappa shape index (κ2) is 5.79. The minimum atomic E-state index is -0.259. The maximum absolute atomic E-state index is 13.6. The molecule has 0 aliphatic heterocycles. The Hall–Kier alpha value is -2.62. The Morgan fingerprint density at radius 3 is 2.57 bits per heavy atom. The molecule has 21 heavy (non-hydrogen) atoms. The lowest BCUT2D eigenvalue weighted by molar-refractivity contribution is 0.298. The highest BCUT2D eigenvalue weighted by molar-refractivity contribution is 5.46. The quantitative estimate of drug-likeness (QED) is 0.725. The number of para-hydroxylation sites is 2. The van der Waals surface area contributed by atoms with Gasteiger partial charge in [0.25, 0.3) is 0 Å². The molecule has 0 saturated carbocycles. The molecule has 0 bridgehead atoms. The first-order valence-corrected chi connectivity index (χ1v) is 6.72. The van der Waals surface area contributed by atoms with Crippen LogP contribution >= 0.6 is 0 Å². The van der Waals surface area contributed by atoms with E-state index >= 15 is 0 Å². The summed E-state index contributed by atoms with van der Waals surface area (Å²) < 4.78 is 21.1. The molecule has 0 aliphatic carbocycles. The number of ether oxygens (including phenoxy) is 1. The molecule has 0 saturated heterocycles. The number of halogens is 1. The fourth-order valence-electron chi connectivity index (χ4n) is 2.09. The molecule has 0 aliphatic rings. The zero-order valence-electron chi connectivity index (χ0n) is 11.7. The Morgan fingerprint density at radius 2 is 1.81 bits per heavy atom. The van der Waals surface area contributed by atoms with Gasteiger partial charge in [0.1, 0.15) is 23.9 Å². The molecule has 3 nitrogen and oxygen atoms in total. The monoisotopic (exact) mass is 282 g/mol. The van der Waals surface area contributed by atoms with Crippen LogP contribution in [0.25, 0.3) is 5.69 Å². The van der Waals surface area contributed by atoms with Crippen molar-refractivity contribution in [2.45, 2.75) is 13.5 Å². The maximum atomic E-state index is 13.6. The van der Waals surface area contributed by atoms with E-state index < -0.39 is 0 Å². The molecule has 3 aromatic rings. The lowest BCUT2D eigenvalue weighted by Crippen LogP contribution is -2.03. The van der Waals surface area contributed by atoms with Crippen LogP contribution in [-0.4, -0.2) is 9.78 Å². The molecule has 0 atom stereocenters. The van der Waals surface area contributed by atoms with Crippen LogP contribution in [0.5, 0.6) is 5.75 Å². The van der Waals surface area contributed by atoms with Gasteiger partial charge in [0.15, 0.2) is 0 Å². The van der Waals surface area contributed by atoms with E-state index in [2.05, 4.69) is 5.10 Å². The summed E-state index contributed by atoms with van der Waals surface area (Å²) in [5.74, 6) is 0.411. The average Bonchev–Trinajstić information content (AvgIpc) is 2.93. The van der Waals surface area contributed by atoms with Gasteiger partial charge in [-0.2, -0.15) is 5.10 Å². The van der Waals surface area contributed by atoms with E-state index in [0.717, 1.165) is 11.4 Å². The largest absolute Gasteiger partial charge is 0.487 e. The van der Waals surface area contributed by atoms with E-state index in [0.29, 0.717) is 11.3 Å². The molecule has 0 N–H and O–H groups in total. The van der Waals surface area contributed by atoms with Crippen LogP contribution < -0.4 is 4.74 Å². The number of nitrogens with zero attached hydrogens (tertiary/aromatic N) is 2. The van der Waals surface area contributed by atoms with Crippen molar-refractivity contribution in [1.82, 2.24) is 9.78 Å². The van der Waals surface area contributed by atoms with Gasteiger partial charge in [-0.15, -0.1) is 0 Å². The lowest BCUT2D eigenvalue weighted by atomic mass is 10.2. The van der Waals surface area contributed by atoms with Crippen molar-refractivity contribution in [1.29, 1.82) is 0 Å². The molecule has 2 aromatic carbocycles. The predicted octanol–water partition coefficient (Wildman–Crippen LogP) is 3.90. The van der Waals surface area contributed by atoms with Crippen LogP contribution in [0.3, 0.4) is 0 Å². The molecule has 0 unspecified atom stereocenters. The number of hydrogen-bond donors (Lipinski definition) is 0. The normalized spacial score (nSPS) is 10.6. The maximum Gasteiger partial charge on any atom is 0.145 e. The zero-order chi connectivity index (χ0) is 14.7. The standard InChI is InChI=1S/C17H15FN2O/c1-13-10-11-20(19-13)16-8-4-5-9-17(16)21-12-14-6-2-3-7-15(14)18/h2-11H,12H2,1H3. The average molecular weight is 282 g/mol. The van der Waals surface area contributed by atoms with Gasteiger partial charge in [0, 0.05) is 11.8 Å². The fourth-order valence-corrected chi connectivity index (χ4v) is 2.09. The number of aryl methyl sites for hydroxylation is 1. The van der Waals surface area contributed by atoms with Crippen LogP contribution in [-0.2, 0) is 6.61 Å². The lowest BCUT2D eigenvalue weighted by Gasteiger charge is -2.11. The van der Waals surface area contributed by atoms with Gasteiger partial charge in [0.05, 0.1) is 5.69 Å². The van der Waals surface area contributed by atoms with Crippen molar-refractivity contribution in [2.24, 2.45) is 0 Å². The first-order valence-electron chi connectivity index (χ1n) is 6.72. The van der Waals surface area contributed by atoms with Gasteiger partial charge in [-0.25, -0.2) is 9.07 Å². The van der Waals surface area contributed by atoms with Crippen molar-refractivity contribution < 1.29 is 9.13 Å². The van der Waals surface area contributed by atoms with Crippen LogP contribution in [0.4, 0.5) is 4.39 Å². The molecular formula is C17H15FN2O. The topological polar surface area (TPSA) is 27.1 Å². The van der Waals surface area contributed by atoms with Crippen LogP contribution in [0.15, 0.2) is 60.8 Å². The molecule has 106 valence electrons. The van der Waals surface area contributed by atoms with Crippen molar-refractivity contribution >= 4 is 0 Å². The summed E-state index contributed by atoms with van der Waals surface area (Å²) in [5.41, 5.74) is 2.30. The third-order valence-corrected chi connectivity index (χ3v) is 3.18. The minimum Gasteiger partial charge on any atom is -0.487 e. The van der Waals surface area contributed by atoms with Crippen LogP contribution in [0.1, 0.15) is 11.3 Å². The Labute approximate surface area is 122 Å². The van der Waals surface area contributed by atoms with Gasteiger partial charge < -0.3 is 4.74 Å². The fraction of sp³-hybridized carbons (Fsp3) is 0.118. The SMILES string of the molecule is Cc1ccn(-c2ccccc2OCc2ccccc2F)n1. The first-order chi connectivity index (χ1) is 10.2. The summed E-state index contributed by atoms with van der Waals surface area (Å²) in [6, 6.07) is 16.1. The number of aromatic nitrogens is 2. The molecule has 0 spiro atoms. The van der Waals surface area contributed by atoms with Gasteiger partial charge in [-0.1, -0.05) is 30.3 Å². The van der Waals surface area contributed by atoms with E-state index in [1.54, 1.807) is 22.9 Å². The summed E-state index contributed by atoms with van der Waals surface area (Å²) in [6.07, 6.45) is 1.88. The van der Waals surface area contributed by atoms with Crippen LogP contribution in [0, 0.1) is 12.7 Å². The van der Waals surface area contributed by atoms with Gasteiger partial charge in [0.2, 0.25) is 0 Å². The third-order valence-electron chi connectivity index (χ3n) is 3.18. The molecule has 0 amide bonds. The zero-order valence-corrected chi connectivity index (χ0v) is 11.7.